The average Bonchev–Trinajstić information content (AvgIpc) is 2.07. The molecule has 0 spiro atoms. The van der Waals surface area contributed by atoms with Crippen LogP contribution in [-0.4, -0.2) is 56.0 Å². The number of nitrogens with two attached hydrogens (primary N) is 1. The topological polar surface area (TPSA) is 49.6 Å². The average molecular weight is 199 g/mol. The Hall–Kier alpha value is -0.610. The molecule has 4 nitrogen and oxygen atoms in total. The molecular weight excluding hydrogens is 178 g/mol. The molecule has 0 aromatic carbocycles. The number of hydrogen-bond acceptors (Lipinski definition) is 3. The number of carbonyl (C=O) groups excluding carboxylic acids is 1. The number of carbonyl (C=O) groups is 1. The predicted molar refractivity (Wildman–Crippen MR) is 56.9 cm³/mol. The highest BCUT2D eigenvalue weighted by molar-refractivity contribution is 5.80. The van der Waals surface area contributed by atoms with Gasteiger partial charge in [-0.05, 0) is 53.0 Å². The molecule has 1 unspecified atom stereocenters. The van der Waals surface area contributed by atoms with E-state index in [2.05, 4.69) is 11.9 Å². The first-order valence-corrected chi connectivity index (χ1v) is 5.16. The van der Waals surface area contributed by atoms with Gasteiger partial charge in [-0.2, -0.15) is 0 Å². The summed E-state index contributed by atoms with van der Waals surface area (Å²) in [6.45, 7) is 2.14. The van der Waals surface area contributed by atoms with Crippen molar-refractivity contribution < 1.29 is 4.79 Å². The van der Waals surface area contributed by atoms with Crippen molar-refractivity contribution >= 4 is 5.91 Å². The smallest absolute Gasteiger partial charge is 0.235 e. The Kier molecular flexibility index (Phi) is 3.89. The molecule has 0 aromatic heterocycles. The van der Waals surface area contributed by atoms with Crippen molar-refractivity contribution in [1.29, 1.82) is 0 Å². The zero-order valence-corrected chi connectivity index (χ0v) is 9.36. The van der Waals surface area contributed by atoms with Gasteiger partial charge >= 0.3 is 0 Å². The molecule has 0 aliphatic carbocycles. The maximum Gasteiger partial charge on any atom is 0.235 e. The molecule has 1 fully saturated rings. The molecule has 0 radical (unpaired) electrons. The van der Waals surface area contributed by atoms with Gasteiger partial charge in [0.2, 0.25) is 5.91 Å². The molecule has 1 aliphatic rings. The van der Waals surface area contributed by atoms with Crippen LogP contribution in [-0.2, 0) is 4.79 Å². The van der Waals surface area contributed by atoms with E-state index in [9.17, 15) is 4.79 Å². The van der Waals surface area contributed by atoms with Crippen LogP contribution in [0.2, 0.25) is 0 Å². The van der Waals surface area contributed by atoms with E-state index in [4.69, 9.17) is 5.73 Å². The number of likely N-dealkylation sites (N-methyl/N-ethyl adjacent to an activating group) is 1. The minimum absolute atomic E-state index is 0.0938. The normalized spacial score (nSPS) is 22.6. The standard InChI is InChI=1S/C10H21N3O/c1-12(2)9(10(11)14)8-4-6-13(3)7-5-8/h8-9H,4-7H2,1-3H3,(H2,11,14). The van der Waals surface area contributed by atoms with Gasteiger partial charge in [0.05, 0.1) is 6.04 Å². The van der Waals surface area contributed by atoms with E-state index >= 15 is 0 Å². The Morgan fingerprint density at radius 1 is 1.43 bits per heavy atom. The van der Waals surface area contributed by atoms with Gasteiger partial charge in [-0.25, -0.2) is 0 Å². The van der Waals surface area contributed by atoms with Crippen molar-refractivity contribution in [2.45, 2.75) is 18.9 Å². The Morgan fingerprint density at radius 3 is 2.29 bits per heavy atom. The molecule has 1 saturated heterocycles. The number of amides is 1. The zero-order valence-electron chi connectivity index (χ0n) is 9.36. The van der Waals surface area contributed by atoms with Gasteiger partial charge in [-0.1, -0.05) is 0 Å². The second kappa shape index (κ2) is 4.75. The number of likely N-dealkylation sites (tertiary alicyclic amines) is 1. The van der Waals surface area contributed by atoms with E-state index in [-0.39, 0.29) is 11.9 Å². The van der Waals surface area contributed by atoms with Gasteiger partial charge in [0.15, 0.2) is 0 Å². The van der Waals surface area contributed by atoms with Crippen LogP contribution in [0.4, 0.5) is 0 Å². The van der Waals surface area contributed by atoms with Crippen LogP contribution in [0.15, 0.2) is 0 Å². The van der Waals surface area contributed by atoms with E-state index in [1.807, 2.05) is 19.0 Å². The summed E-state index contributed by atoms with van der Waals surface area (Å²) in [5.41, 5.74) is 5.41. The van der Waals surface area contributed by atoms with Crippen molar-refractivity contribution in [3.8, 4) is 0 Å². The zero-order chi connectivity index (χ0) is 10.7. The Morgan fingerprint density at radius 2 is 1.93 bits per heavy atom. The molecule has 2 N–H and O–H groups in total. The van der Waals surface area contributed by atoms with Crippen molar-refractivity contribution in [3.63, 3.8) is 0 Å². The summed E-state index contributed by atoms with van der Waals surface area (Å²) in [6.07, 6.45) is 2.14. The summed E-state index contributed by atoms with van der Waals surface area (Å²) >= 11 is 0. The minimum Gasteiger partial charge on any atom is -0.368 e. The Balaban J connectivity index is 2.56. The number of rotatable bonds is 3. The van der Waals surface area contributed by atoms with Crippen LogP contribution >= 0.6 is 0 Å². The van der Waals surface area contributed by atoms with Crippen LogP contribution < -0.4 is 5.73 Å². The lowest BCUT2D eigenvalue weighted by atomic mass is 9.88. The fraction of sp³-hybridized carbons (Fsp3) is 0.900. The molecule has 1 heterocycles. The lowest BCUT2D eigenvalue weighted by Gasteiger charge is -2.35. The third-order valence-corrected chi connectivity index (χ3v) is 3.06. The van der Waals surface area contributed by atoms with E-state index in [0.717, 1.165) is 25.9 Å². The summed E-state index contributed by atoms with van der Waals surface area (Å²) < 4.78 is 0. The Labute approximate surface area is 86.0 Å². The van der Waals surface area contributed by atoms with Gasteiger partial charge in [-0.15, -0.1) is 0 Å². The van der Waals surface area contributed by atoms with Gasteiger partial charge in [-0.3, -0.25) is 9.69 Å². The lowest BCUT2D eigenvalue weighted by molar-refractivity contribution is -0.124. The van der Waals surface area contributed by atoms with E-state index < -0.39 is 0 Å². The molecule has 0 aromatic rings. The second-order valence-electron chi connectivity index (χ2n) is 4.45. The van der Waals surface area contributed by atoms with Gasteiger partial charge in [0.1, 0.15) is 0 Å². The first kappa shape index (κ1) is 11.5. The number of hydrogen-bond donors (Lipinski definition) is 1. The monoisotopic (exact) mass is 199 g/mol. The molecule has 0 bridgehead atoms. The number of primary amides is 1. The molecule has 1 aliphatic heterocycles. The molecular formula is C10H21N3O. The maximum atomic E-state index is 11.3. The van der Waals surface area contributed by atoms with Crippen LogP contribution in [0.1, 0.15) is 12.8 Å². The molecule has 82 valence electrons. The van der Waals surface area contributed by atoms with Crippen LogP contribution in [0, 0.1) is 5.92 Å². The summed E-state index contributed by atoms with van der Waals surface area (Å²) in [5.74, 6) is 0.239. The minimum atomic E-state index is -0.190. The molecule has 1 atom stereocenters. The molecule has 1 rings (SSSR count). The SMILES string of the molecule is CN1CCC(C(C(N)=O)N(C)C)CC1. The first-order chi connectivity index (χ1) is 6.52. The lowest BCUT2D eigenvalue weighted by Crippen LogP contribution is -2.49. The molecule has 4 heteroatoms. The third kappa shape index (κ3) is 2.69. The number of nitrogens with zero attached hydrogens (tertiary/aromatic N) is 2. The molecule has 0 saturated carbocycles. The summed E-state index contributed by atoms with van der Waals surface area (Å²) in [6, 6.07) is -0.0938. The van der Waals surface area contributed by atoms with Gasteiger partial charge in [0, 0.05) is 0 Å². The largest absolute Gasteiger partial charge is 0.368 e. The highest BCUT2D eigenvalue weighted by Crippen LogP contribution is 2.22. The highest BCUT2D eigenvalue weighted by Gasteiger charge is 2.30. The maximum absolute atomic E-state index is 11.3. The molecule has 1 amide bonds. The molecule has 14 heavy (non-hydrogen) atoms. The van der Waals surface area contributed by atoms with Crippen molar-refractivity contribution in [2.75, 3.05) is 34.2 Å². The highest BCUT2D eigenvalue weighted by atomic mass is 16.1. The van der Waals surface area contributed by atoms with E-state index in [1.165, 1.54) is 0 Å². The summed E-state index contributed by atoms with van der Waals surface area (Å²) in [4.78, 5) is 15.5. The van der Waals surface area contributed by atoms with Crippen LogP contribution in [0.5, 0.6) is 0 Å². The van der Waals surface area contributed by atoms with Crippen molar-refractivity contribution in [2.24, 2.45) is 11.7 Å². The summed E-state index contributed by atoms with van der Waals surface area (Å²) in [7, 11) is 5.96. The predicted octanol–water partition coefficient (Wildman–Crippen LogP) is -0.256. The second-order valence-corrected chi connectivity index (χ2v) is 4.45. The van der Waals surface area contributed by atoms with E-state index in [0.29, 0.717) is 5.92 Å². The fourth-order valence-corrected chi connectivity index (χ4v) is 2.25. The fourth-order valence-electron chi connectivity index (χ4n) is 2.25. The van der Waals surface area contributed by atoms with Crippen molar-refractivity contribution in [3.05, 3.63) is 0 Å². The first-order valence-electron chi connectivity index (χ1n) is 5.16. The quantitative estimate of drug-likeness (QED) is 0.681. The Bertz CT molecular complexity index is 198. The van der Waals surface area contributed by atoms with Crippen molar-refractivity contribution in [1.82, 2.24) is 9.80 Å². The number of piperidine rings is 1. The van der Waals surface area contributed by atoms with Gasteiger partial charge < -0.3 is 10.6 Å². The van der Waals surface area contributed by atoms with E-state index in [1.54, 1.807) is 0 Å². The van der Waals surface area contributed by atoms with Crippen LogP contribution in [0.3, 0.4) is 0 Å². The van der Waals surface area contributed by atoms with Gasteiger partial charge in [0.25, 0.3) is 0 Å². The van der Waals surface area contributed by atoms with Crippen LogP contribution in [0.25, 0.3) is 0 Å². The third-order valence-electron chi connectivity index (χ3n) is 3.06. The summed E-state index contributed by atoms with van der Waals surface area (Å²) in [5, 5.41) is 0.